The number of nitrogens with one attached hydrogen (secondary N) is 1. The third-order valence-electron chi connectivity index (χ3n) is 5.24. The summed E-state index contributed by atoms with van der Waals surface area (Å²) in [5.41, 5.74) is 3.30. The lowest BCUT2D eigenvalue weighted by atomic mass is 9.92. The van der Waals surface area contributed by atoms with Crippen LogP contribution < -0.4 is 9.88 Å². The molecule has 1 aromatic carbocycles. The highest BCUT2D eigenvalue weighted by Gasteiger charge is 2.19. The fraction of sp³-hybridized carbons (Fsp3) is 0.450. The Morgan fingerprint density at radius 2 is 1.81 bits per heavy atom. The molecule has 1 aliphatic heterocycles. The maximum absolute atomic E-state index is 12.7. The van der Waals surface area contributed by atoms with Crippen molar-refractivity contribution in [2.24, 2.45) is 0 Å². The van der Waals surface area contributed by atoms with E-state index in [0.29, 0.717) is 18.1 Å². The molecule has 0 bridgehead atoms. The fourth-order valence-corrected chi connectivity index (χ4v) is 4.69. The predicted octanol–water partition coefficient (Wildman–Crippen LogP) is 2.48. The highest BCUT2D eigenvalue weighted by atomic mass is 32.2. The van der Waals surface area contributed by atoms with Gasteiger partial charge in [-0.15, -0.1) is 6.54 Å². The molecule has 0 atom stereocenters. The van der Waals surface area contributed by atoms with Gasteiger partial charge >= 0.3 is 0 Å². The SMILES string of the molecule is O=S(=O)([N-]Cc1cc[nH+]c(N2CCOCC2)c1)c1ccc2c(c1)CCCC2. The molecule has 0 radical (unpaired) electrons. The third kappa shape index (κ3) is 4.31. The number of aromatic amines is 1. The summed E-state index contributed by atoms with van der Waals surface area (Å²) in [6, 6.07) is 9.30. The lowest BCUT2D eigenvalue weighted by Crippen LogP contribution is -2.39. The van der Waals surface area contributed by atoms with E-state index in [4.69, 9.17) is 4.74 Å². The van der Waals surface area contributed by atoms with Gasteiger partial charge in [-0.25, -0.2) is 13.4 Å². The first-order valence-electron chi connectivity index (χ1n) is 9.51. The first-order chi connectivity index (χ1) is 13.1. The van der Waals surface area contributed by atoms with Crippen LogP contribution in [0.15, 0.2) is 41.4 Å². The molecule has 4 rings (SSSR count). The lowest BCUT2D eigenvalue weighted by Gasteiger charge is -2.24. The van der Waals surface area contributed by atoms with E-state index in [-0.39, 0.29) is 6.54 Å². The zero-order valence-electron chi connectivity index (χ0n) is 15.4. The minimum atomic E-state index is -3.65. The van der Waals surface area contributed by atoms with Crippen molar-refractivity contribution in [2.45, 2.75) is 37.1 Å². The van der Waals surface area contributed by atoms with E-state index in [1.54, 1.807) is 6.07 Å². The van der Waals surface area contributed by atoms with Gasteiger partial charge in [-0.3, -0.25) is 4.90 Å². The summed E-state index contributed by atoms with van der Waals surface area (Å²) < 4.78 is 34.8. The van der Waals surface area contributed by atoms with Crippen molar-refractivity contribution < 1.29 is 18.1 Å². The number of fused-ring (bicyclic) bond motifs is 1. The molecule has 6 nitrogen and oxygen atoms in total. The molecule has 2 aromatic rings. The molecule has 2 aliphatic rings. The van der Waals surface area contributed by atoms with Gasteiger partial charge in [0.2, 0.25) is 0 Å². The van der Waals surface area contributed by atoms with E-state index in [0.717, 1.165) is 49.3 Å². The Labute approximate surface area is 160 Å². The number of sulfonamides is 1. The number of rotatable bonds is 5. The summed E-state index contributed by atoms with van der Waals surface area (Å²) in [6.07, 6.45) is 6.13. The maximum atomic E-state index is 12.7. The third-order valence-corrected chi connectivity index (χ3v) is 6.56. The summed E-state index contributed by atoms with van der Waals surface area (Å²) in [5, 5.41) is 0. The van der Waals surface area contributed by atoms with Crippen molar-refractivity contribution in [3.63, 3.8) is 0 Å². The molecular weight excluding hydrogens is 362 g/mol. The normalized spacial score (nSPS) is 17.6. The van der Waals surface area contributed by atoms with Crippen molar-refractivity contribution in [1.82, 2.24) is 0 Å². The predicted molar refractivity (Wildman–Crippen MR) is 103 cm³/mol. The van der Waals surface area contributed by atoms with Gasteiger partial charge in [0.05, 0.1) is 19.4 Å². The summed E-state index contributed by atoms with van der Waals surface area (Å²) in [6.45, 7) is 3.20. The van der Waals surface area contributed by atoms with Crippen LogP contribution in [0.3, 0.4) is 0 Å². The topological polar surface area (TPSA) is 74.9 Å². The maximum Gasteiger partial charge on any atom is 0.274 e. The second-order valence-corrected chi connectivity index (χ2v) is 8.76. The Morgan fingerprint density at radius 1 is 1.04 bits per heavy atom. The van der Waals surface area contributed by atoms with Crippen LogP contribution in [-0.4, -0.2) is 34.7 Å². The van der Waals surface area contributed by atoms with Crippen LogP contribution >= 0.6 is 0 Å². The van der Waals surface area contributed by atoms with Crippen LogP contribution in [0, 0.1) is 0 Å². The molecular formula is C20H25N3O3S. The molecule has 0 saturated carbocycles. The Kier molecular flexibility index (Phi) is 5.43. The lowest BCUT2D eigenvalue weighted by molar-refractivity contribution is -0.364. The molecule has 1 fully saturated rings. The van der Waals surface area contributed by atoms with Crippen molar-refractivity contribution in [3.05, 3.63) is 57.9 Å². The number of anilines is 1. The van der Waals surface area contributed by atoms with Gasteiger partial charge in [-0.05, 0) is 55.0 Å². The van der Waals surface area contributed by atoms with Crippen LogP contribution in [0.5, 0.6) is 0 Å². The van der Waals surface area contributed by atoms with Gasteiger partial charge in [0.1, 0.15) is 23.1 Å². The van der Waals surface area contributed by atoms with Gasteiger partial charge in [0, 0.05) is 11.0 Å². The number of hydrogen-bond acceptors (Lipinski definition) is 4. The average Bonchev–Trinajstić information content (AvgIpc) is 2.73. The average molecular weight is 388 g/mol. The second-order valence-electron chi connectivity index (χ2n) is 7.08. The molecule has 2 heterocycles. The van der Waals surface area contributed by atoms with Crippen LogP contribution in [0.4, 0.5) is 5.82 Å². The van der Waals surface area contributed by atoms with Crippen LogP contribution in [0.2, 0.25) is 0 Å². The second kappa shape index (κ2) is 7.96. The van der Waals surface area contributed by atoms with E-state index in [1.807, 2.05) is 30.5 Å². The zero-order valence-corrected chi connectivity index (χ0v) is 16.2. The van der Waals surface area contributed by atoms with Gasteiger partial charge in [-0.1, -0.05) is 11.6 Å². The minimum absolute atomic E-state index is 0.144. The summed E-state index contributed by atoms with van der Waals surface area (Å²) in [5.74, 6) is 0.970. The van der Waals surface area contributed by atoms with Crippen molar-refractivity contribution in [3.8, 4) is 0 Å². The van der Waals surface area contributed by atoms with E-state index in [9.17, 15) is 8.42 Å². The van der Waals surface area contributed by atoms with Crippen LogP contribution in [-0.2, 0) is 34.1 Å². The van der Waals surface area contributed by atoms with Gasteiger partial charge in [-0.2, -0.15) is 0 Å². The molecule has 27 heavy (non-hydrogen) atoms. The molecule has 1 aromatic heterocycles. The summed E-state index contributed by atoms with van der Waals surface area (Å²) in [7, 11) is -3.65. The largest absolute Gasteiger partial charge is 0.541 e. The standard InChI is InChI=1S/C20H24N3O3S/c24-27(25,19-6-5-17-3-1-2-4-18(17)14-19)22-15-16-7-8-21-20(13-16)23-9-11-26-12-10-23/h5-8,13-14H,1-4,9-12,15H2/q-1/p+1. The van der Waals surface area contributed by atoms with Gasteiger partial charge in [0.15, 0.2) is 0 Å². The first-order valence-corrected chi connectivity index (χ1v) is 10.9. The molecule has 7 heteroatoms. The Hall–Kier alpha value is -1.96. The van der Waals surface area contributed by atoms with Crippen molar-refractivity contribution in [1.29, 1.82) is 0 Å². The summed E-state index contributed by atoms with van der Waals surface area (Å²) >= 11 is 0. The minimum Gasteiger partial charge on any atom is -0.541 e. The highest BCUT2D eigenvalue weighted by molar-refractivity contribution is 7.94. The number of nitrogens with zero attached hydrogens (tertiary/aromatic N) is 2. The smallest absolute Gasteiger partial charge is 0.274 e. The van der Waals surface area contributed by atoms with Crippen LogP contribution in [0.1, 0.15) is 29.5 Å². The molecule has 0 spiro atoms. The number of morpholine rings is 1. The molecule has 1 saturated heterocycles. The number of aryl methyl sites for hydroxylation is 2. The number of aromatic nitrogens is 1. The first kappa shape index (κ1) is 18.4. The monoisotopic (exact) mass is 387 g/mol. The number of ether oxygens (including phenoxy) is 1. The fourth-order valence-electron chi connectivity index (χ4n) is 3.69. The zero-order chi connectivity index (χ0) is 18.7. The van der Waals surface area contributed by atoms with E-state index >= 15 is 0 Å². The molecule has 1 aliphatic carbocycles. The van der Waals surface area contributed by atoms with E-state index in [1.165, 1.54) is 12.0 Å². The summed E-state index contributed by atoms with van der Waals surface area (Å²) in [4.78, 5) is 5.72. The highest BCUT2D eigenvalue weighted by Crippen LogP contribution is 2.27. The Morgan fingerprint density at radius 3 is 2.63 bits per heavy atom. The van der Waals surface area contributed by atoms with Gasteiger partial charge < -0.3 is 9.46 Å². The number of pyridine rings is 1. The van der Waals surface area contributed by atoms with Crippen molar-refractivity contribution in [2.75, 3.05) is 31.2 Å². The quantitative estimate of drug-likeness (QED) is 0.790. The van der Waals surface area contributed by atoms with E-state index in [2.05, 4.69) is 14.6 Å². The van der Waals surface area contributed by atoms with Crippen LogP contribution in [0.25, 0.3) is 4.72 Å². The molecule has 0 unspecified atom stereocenters. The van der Waals surface area contributed by atoms with E-state index < -0.39 is 10.0 Å². The number of H-pyrrole nitrogens is 1. The molecule has 144 valence electrons. The molecule has 0 amide bonds. The number of hydrogen-bond donors (Lipinski definition) is 0. The van der Waals surface area contributed by atoms with Crippen molar-refractivity contribution >= 4 is 15.8 Å². The number of benzene rings is 1. The molecule has 1 N–H and O–H groups in total. The Balaban J connectivity index is 1.46. The Bertz CT molecular complexity index is 908. The van der Waals surface area contributed by atoms with Gasteiger partial charge in [0.25, 0.3) is 5.82 Å².